The van der Waals surface area contributed by atoms with Gasteiger partial charge in [-0.3, -0.25) is 0 Å². The van der Waals surface area contributed by atoms with Gasteiger partial charge in [-0.05, 0) is 38.1 Å². The molecule has 1 saturated heterocycles. The molecule has 21 heavy (non-hydrogen) atoms. The third-order valence-corrected chi connectivity index (χ3v) is 8.44. The van der Waals surface area contributed by atoms with Gasteiger partial charge in [-0.15, -0.1) is 22.7 Å². The molecule has 0 N–H and O–H groups in total. The van der Waals surface area contributed by atoms with E-state index >= 15 is 0 Å². The van der Waals surface area contributed by atoms with E-state index in [2.05, 4.69) is 11.9 Å². The average Bonchev–Trinajstić information content (AvgIpc) is 3.10. The SMILES string of the molecule is Cc1nc(C2CCN(S(=O)(=O)c3cccs3)CC2)sc1C. The maximum atomic E-state index is 12.5. The molecule has 3 heterocycles. The van der Waals surface area contributed by atoms with Crippen LogP contribution >= 0.6 is 22.7 Å². The van der Waals surface area contributed by atoms with Crippen molar-refractivity contribution in [2.45, 2.75) is 36.8 Å². The van der Waals surface area contributed by atoms with Gasteiger partial charge in [-0.1, -0.05) is 6.07 Å². The van der Waals surface area contributed by atoms with Crippen LogP contribution in [0.15, 0.2) is 21.7 Å². The third-order valence-electron chi connectivity index (χ3n) is 3.94. The first-order valence-electron chi connectivity index (χ1n) is 6.96. The Hall–Kier alpha value is -0.760. The van der Waals surface area contributed by atoms with Gasteiger partial charge in [0.15, 0.2) is 0 Å². The molecule has 1 aliphatic heterocycles. The molecule has 7 heteroatoms. The second-order valence-corrected chi connectivity index (χ2v) is 9.65. The largest absolute Gasteiger partial charge is 0.252 e. The fourth-order valence-electron chi connectivity index (χ4n) is 2.55. The highest BCUT2D eigenvalue weighted by Gasteiger charge is 2.31. The summed E-state index contributed by atoms with van der Waals surface area (Å²) in [4.78, 5) is 5.89. The van der Waals surface area contributed by atoms with Gasteiger partial charge in [0, 0.05) is 23.9 Å². The van der Waals surface area contributed by atoms with Crippen molar-refractivity contribution in [3.05, 3.63) is 33.1 Å². The summed E-state index contributed by atoms with van der Waals surface area (Å²) in [6.07, 6.45) is 1.72. The van der Waals surface area contributed by atoms with E-state index in [4.69, 9.17) is 0 Å². The monoisotopic (exact) mass is 342 g/mol. The fourth-order valence-corrected chi connectivity index (χ4v) is 6.26. The second kappa shape index (κ2) is 5.79. The van der Waals surface area contributed by atoms with Crippen molar-refractivity contribution < 1.29 is 8.42 Å². The smallest absolute Gasteiger partial charge is 0.246 e. The summed E-state index contributed by atoms with van der Waals surface area (Å²) in [5.41, 5.74) is 1.10. The summed E-state index contributed by atoms with van der Waals surface area (Å²) in [5.74, 6) is 0.400. The van der Waals surface area contributed by atoms with Crippen LogP contribution in [-0.4, -0.2) is 30.8 Å². The van der Waals surface area contributed by atoms with Crippen LogP contribution in [0.5, 0.6) is 0 Å². The molecular formula is C14H18N2O2S3. The average molecular weight is 343 g/mol. The number of aromatic nitrogens is 1. The van der Waals surface area contributed by atoms with Crippen LogP contribution in [0.3, 0.4) is 0 Å². The van der Waals surface area contributed by atoms with E-state index in [0.717, 1.165) is 23.5 Å². The zero-order valence-corrected chi connectivity index (χ0v) is 14.5. The van der Waals surface area contributed by atoms with Gasteiger partial charge in [0.25, 0.3) is 10.0 Å². The molecule has 2 aromatic heterocycles. The normalized spacial score (nSPS) is 18.2. The first-order chi connectivity index (χ1) is 9.98. The number of nitrogens with zero attached hydrogens (tertiary/aromatic N) is 2. The quantitative estimate of drug-likeness (QED) is 0.859. The van der Waals surface area contributed by atoms with Gasteiger partial charge in [-0.25, -0.2) is 13.4 Å². The lowest BCUT2D eigenvalue weighted by atomic mass is 9.99. The number of thiophene rings is 1. The molecule has 0 radical (unpaired) electrons. The van der Waals surface area contributed by atoms with Crippen molar-refractivity contribution in [2.75, 3.05) is 13.1 Å². The van der Waals surface area contributed by atoms with Gasteiger partial charge in [0.1, 0.15) is 4.21 Å². The van der Waals surface area contributed by atoms with E-state index in [9.17, 15) is 8.42 Å². The summed E-state index contributed by atoms with van der Waals surface area (Å²) in [6, 6.07) is 3.46. The van der Waals surface area contributed by atoms with Crippen LogP contribution in [0.4, 0.5) is 0 Å². The van der Waals surface area contributed by atoms with Gasteiger partial charge in [-0.2, -0.15) is 4.31 Å². The van der Waals surface area contributed by atoms with Crippen LogP contribution in [0.1, 0.15) is 34.3 Å². The Balaban J connectivity index is 1.71. The minimum Gasteiger partial charge on any atom is -0.246 e. The predicted molar refractivity (Wildman–Crippen MR) is 86.6 cm³/mol. The fraction of sp³-hybridized carbons (Fsp3) is 0.500. The van der Waals surface area contributed by atoms with E-state index in [0.29, 0.717) is 23.2 Å². The number of sulfonamides is 1. The number of piperidine rings is 1. The van der Waals surface area contributed by atoms with Crippen LogP contribution in [-0.2, 0) is 10.0 Å². The Morgan fingerprint density at radius 1 is 1.29 bits per heavy atom. The minimum absolute atomic E-state index is 0.400. The second-order valence-electron chi connectivity index (χ2n) is 5.30. The first kappa shape index (κ1) is 15.1. The lowest BCUT2D eigenvalue weighted by Crippen LogP contribution is -2.37. The molecule has 1 fully saturated rings. The Morgan fingerprint density at radius 2 is 2.00 bits per heavy atom. The Labute approximate surface area is 133 Å². The van der Waals surface area contributed by atoms with Crippen molar-refractivity contribution in [1.29, 1.82) is 0 Å². The van der Waals surface area contributed by atoms with Gasteiger partial charge < -0.3 is 0 Å². The van der Waals surface area contributed by atoms with E-state index < -0.39 is 10.0 Å². The molecule has 0 aromatic carbocycles. The van der Waals surface area contributed by atoms with Crippen molar-refractivity contribution in [3.63, 3.8) is 0 Å². The molecule has 4 nitrogen and oxygen atoms in total. The van der Waals surface area contributed by atoms with Gasteiger partial charge in [0.05, 0.1) is 10.7 Å². The highest BCUT2D eigenvalue weighted by Crippen LogP contribution is 2.34. The molecule has 0 amide bonds. The van der Waals surface area contributed by atoms with Crippen molar-refractivity contribution >= 4 is 32.7 Å². The predicted octanol–water partition coefficient (Wildman–Crippen LogP) is 3.39. The number of hydrogen-bond acceptors (Lipinski definition) is 5. The summed E-state index contributed by atoms with van der Waals surface area (Å²) >= 11 is 3.04. The van der Waals surface area contributed by atoms with E-state index in [1.165, 1.54) is 16.2 Å². The molecule has 2 aromatic rings. The summed E-state index contributed by atoms with van der Waals surface area (Å²) in [5, 5.41) is 2.97. The zero-order chi connectivity index (χ0) is 15.0. The standard InChI is InChI=1S/C14H18N2O2S3/c1-10-11(2)20-14(15-10)12-5-7-16(8-6-12)21(17,18)13-4-3-9-19-13/h3-4,9,12H,5-8H2,1-2H3. The van der Waals surface area contributed by atoms with Crippen molar-refractivity contribution in [2.24, 2.45) is 0 Å². The number of aryl methyl sites for hydroxylation is 2. The maximum absolute atomic E-state index is 12.5. The topological polar surface area (TPSA) is 50.3 Å². The Bertz CT molecular complexity index is 692. The number of rotatable bonds is 3. The molecule has 3 rings (SSSR count). The zero-order valence-electron chi connectivity index (χ0n) is 12.1. The van der Waals surface area contributed by atoms with Gasteiger partial charge >= 0.3 is 0 Å². The van der Waals surface area contributed by atoms with Crippen LogP contribution in [0.25, 0.3) is 0 Å². The minimum atomic E-state index is -3.29. The molecule has 1 aliphatic rings. The first-order valence-corrected chi connectivity index (χ1v) is 10.1. The molecule has 0 aliphatic carbocycles. The molecule has 0 spiro atoms. The lowest BCUT2D eigenvalue weighted by molar-refractivity contribution is 0.319. The highest BCUT2D eigenvalue weighted by atomic mass is 32.2. The molecule has 114 valence electrons. The molecule has 0 unspecified atom stereocenters. The van der Waals surface area contributed by atoms with E-state index in [1.807, 2.05) is 6.92 Å². The van der Waals surface area contributed by atoms with E-state index in [1.54, 1.807) is 33.2 Å². The van der Waals surface area contributed by atoms with Crippen LogP contribution in [0, 0.1) is 13.8 Å². The highest BCUT2D eigenvalue weighted by molar-refractivity contribution is 7.91. The van der Waals surface area contributed by atoms with Crippen LogP contribution in [0.2, 0.25) is 0 Å². The molecule has 0 saturated carbocycles. The summed E-state index contributed by atoms with van der Waals surface area (Å²) in [7, 11) is -3.29. The van der Waals surface area contributed by atoms with Crippen molar-refractivity contribution in [1.82, 2.24) is 9.29 Å². The van der Waals surface area contributed by atoms with Crippen molar-refractivity contribution in [3.8, 4) is 0 Å². The van der Waals surface area contributed by atoms with Crippen LogP contribution < -0.4 is 0 Å². The van der Waals surface area contributed by atoms with E-state index in [-0.39, 0.29) is 0 Å². The Kier molecular flexibility index (Phi) is 4.18. The summed E-state index contributed by atoms with van der Waals surface area (Å²) in [6.45, 7) is 5.30. The molecule has 0 atom stereocenters. The van der Waals surface area contributed by atoms with Gasteiger partial charge in [0.2, 0.25) is 0 Å². The molecular weight excluding hydrogens is 324 g/mol. The third kappa shape index (κ3) is 2.92. The Morgan fingerprint density at radius 3 is 2.52 bits per heavy atom. The number of hydrogen-bond donors (Lipinski definition) is 0. The summed E-state index contributed by atoms with van der Waals surface area (Å²) < 4.78 is 27.0. The maximum Gasteiger partial charge on any atom is 0.252 e. The number of thiazole rings is 1. The lowest BCUT2D eigenvalue weighted by Gasteiger charge is -2.29. The molecule has 0 bridgehead atoms.